The van der Waals surface area contributed by atoms with Gasteiger partial charge in [-0.05, 0) is 77.0 Å². The van der Waals surface area contributed by atoms with Gasteiger partial charge in [0.25, 0.3) is 0 Å². The van der Waals surface area contributed by atoms with Crippen molar-refractivity contribution in [3.8, 4) is 0 Å². The molecule has 1 unspecified atom stereocenters. The molecule has 0 aromatic heterocycles. The van der Waals surface area contributed by atoms with Gasteiger partial charge in [-0.2, -0.15) is 0 Å². The number of rotatable bonds is 6. The van der Waals surface area contributed by atoms with E-state index in [2.05, 4.69) is 15.5 Å². The monoisotopic (exact) mass is 357 g/mol. The maximum absolute atomic E-state index is 12.5. The third-order valence-electron chi connectivity index (χ3n) is 4.57. The van der Waals surface area contributed by atoms with Crippen LogP contribution in [0.25, 0.3) is 0 Å². The van der Waals surface area contributed by atoms with Crippen molar-refractivity contribution in [3.63, 3.8) is 0 Å². The molecule has 1 heterocycles. The fourth-order valence-electron chi connectivity index (χ4n) is 2.97. The Morgan fingerprint density at radius 3 is 2.70 bits per heavy atom. The second-order valence-corrected chi connectivity index (χ2v) is 7.00. The number of nitrogens with zero attached hydrogens (tertiary/aromatic N) is 1. The molecule has 0 spiro atoms. The van der Waals surface area contributed by atoms with E-state index in [1.165, 1.54) is 6.42 Å². The highest BCUT2D eigenvalue weighted by atomic mass is 35.5. The van der Waals surface area contributed by atoms with Crippen LogP contribution in [0.15, 0.2) is 18.2 Å². The maximum atomic E-state index is 12.5. The van der Waals surface area contributed by atoms with Crippen molar-refractivity contribution in [2.45, 2.75) is 32.2 Å². The Labute approximate surface area is 148 Å². The normalized spacial score (nSPS) is 17.9. The largest absolute Gasteiger partial charge is 0.323 e. The van der Waals surface area contributed by atoms with Crippen LogP contribution >= 0.6 is 23.2 Å². The Kier molecular flexibility index (Phi) is 7.15. The molecule has 6 heteroatoms. The molecule has 1 amide bonds. The van der Waals surface area contributed by atoms with Crippen molar-refractivity contribution in [2.24, 2.45) is 5.92 Å². The van der Waals surface area contributed by atoms with Crippen molar-refractivity contribution in [3.05, 3.63) is 28.2 Å². The molecule has 23 heavy (non-hydrogen) atoms. The van der Waals surface area contributed by atoms with Gasteiger partial charge < -0.3 is 10.6 Å². The summed E-state index contributed by atoms with van der Waals surface area (Å²) >= 11 is 12.1. The van der Waals surface area contributed by atoms with E-state index >= 15 is 0 Å². The van der Waals surface area contributed by atoms with Gasteiger partial charge in [-0.1, -0.05) is 23.2 Å². The third-order valence-corrected chi connectivity index (χ3v) is 5.13. The number of amides is 1. The van der Waals surface area contributed by atoms with Crippen LogP contribution in [0.3, 0.4) is 0 Å². The first-order chi connectivity index (χ1) is 11.0. The van der Waals surface area contributed by atoms with Gasteiger partial charge in [0, 0.05) is 5.02 Å². The highest BCUT2D eigenvalue weighted by Gasteiger charge is 2.26. The smallest absolute Gasteiger partial charge is 0.241 e. The summed E-state index contributed by atoms with van der Waals surface area (Å²) in [6, 6.07) is 4.91. The molecule has 128 valence electrons. The fourth-order valence-corrected chi connectivity index (χ4v) is 3.31. The van der Waals surface area contributed by atoms with E-state index < -0.39 is 0 Å². The molecule has 2 rings (SSSR count). The Bertz CT molecular complexity index is 531. The van der Waals surface area contributed by atoms with Crippen molar-refractivity contribution >= 4 is 34.8 Å². The number of anilines is 1. The summed E-state index contributed by atoms with van der Waals surface area (Å²) < 4.78 is 0. The van der Waals surface area contributed by atoms with E-state index in [-0.39, 0.29) is 11.9 Å². The first-order valence-corrected chi connectivity index (χ1v) is 8.91. The average Bonchev–Trinajstić information content (AvgIpc) is 2.56. The van der Waals surface area contributed by atoms with Crippen LogP contribution in [0, 0.1) is 5.92 Å². The molecule has 0 radical (unpaired) electrons. The predicted molar refractivity (Wildman–Crippen MR) is 97.4 cm³/mol. The lowest BCUT2D eigenvalue weighted by Crippen LogP contribution is -2.46. The van der Waals surface area contributed by atoms with Crippen LogP contribution < -0.4 is 10.6 Å². The minimum Gasteiger partial charge on any atom is -0.323 e. The zero-order valence-corrected chi connectivity index (χ0v) is 15.3. The van der Waals surface area contributed by atoms with Crippen LogP contribution in [-0.4, -0.2) is 43.5 Å². The molecule has 1 aliphatic heterocycles. The van der Waals surface area contributed by atoms with E-state index in [0.29, 0.717) is 15.7 Å². The minimum atomic E-state index is -0.171. The van der Waals surface area contributed by atoms with E-state index in [9.17, 15) is 4.79 Å². The van der Waals surface area contributed by atoms with Crippen LogP contribution in [0.5, 0.6) is 0 Å². The SMILES string of the molecule is CNCCC1CCN(C(C)C(=O)Nc2cc(Cl)ccc2Cl)CC1. The van der Waals surface area contributed by atoms with Gasteiger partial charge in [-0.3, -0.25) is 9.69 Å². The molecule has 1 aromatic rings. The summed E-state index contributed by atoms with van der Waals surface area (Å²) in [4.78, 5) is 14.7. The lowest BCUT2D eigenvalue weighted by molar-refractivity contribution is -0.121. The van der Waals surface area contributed by atoms with Crippen LogP contribution in [0.4, 0.5) is 5.69 Å². The Hall–Kier alpha value is -0.810. The fraction of sp³-hybridized carbons (Fsp3) is 0.588. The third kappa shape index (κ3) is 5.35. The Balaban J connectivity index is 1.87. The second kappa shape index (κ2) is 8.88. The molecule has 1 aliphatic rings. The lowest BCUT2D eigenvalue weighted by atomic mass is 9.93. The zero-order valence-electron chi connectivity index (χ0n) is 13.7. The number of hydrogen-bond acceptors (Lipinski definition) is 3. The number of benzene rings is 1. The number of likely N-dealkylation sites (tertiary alicyclic amines) is 1. The summed E-state index contributed by atoms with van der Waals surface area (Å²) in [7, 11) is 1.99. The van der Waals surface area contributed by atoms with Gasteiger partial charge in [0.05, 0.1) is 16.8 Å². The summed E-state index contributed by atoms with van der Waals surface area (Å²) in [6.07, 6.45) is 3.51. The van der Waals surface area contributed by atoms with Gasteiger partial charge in [0.2, 0.25) is 5.91 Å². The summed E-state index contributed by atoms with van der Waals surface area (Å²) in [5.41, 5.74) is 0.569. The quantitative estimate of drug-likeness (QED) is 0.816. The van der Waals surface area contributed by atoms with Crippen LogP contribution in [0.2, 0.25) is 10.0 Å². The van der Waals surface area contributed by atoms with E-state index in [0.717, 1.165) is 38.4 Å². The summed E-state index contributed by atoms with van der Waals surface area (Å²) in [5.74, 6) is 0.721. The number of carbonyl (C=O) groups is 1. The molecule has 0 saturated carbocycles. The highest BCUT2D eigenvalue weighted by Crippen LogP contribution is 2.26. The van der Waals surface area contributed by atoms with Gasteiger partial charge in [-0.15, -0.1) is 0 Å². The van der Waals surface area contributed by atoms with Crippen molar-refractivity contribution < 1.29 is 4.79 Å². The van der Waals surface area contributed by atoms with Crippen molar-refractivity contribution in [2.75, 3.05) is 32.0 Å². The number of piperidine rings is 1. The van der Waals surface area contributed by atoms with E-state index in [1.807, 2.05) is 14.0 Å². The molecule has 0 aliphatic carbocycles. The Morgan fingerprint density at radius 1 is 1.35 bits per heavy atom. The van der Waals surface area contributed by atoms with Crippen LogP contribution in [0.1, 0.15) is 26.2 Å². The molecular formula is C17H25Cl2N3O. The standard InChI is InChI=1S/C17H25Cl2N3O/c1-12(22-9-6-13(7-10-22)5-8-20-2)17(23)21-16-11-14(18)3-4-15(16)19/h3-4,11-13,20H,5-10H2,1-2H3,(H,21,23). The molecule has 4 nitrogen and oxygen atoms in total. The topological polar surface area (TPSA) is 44.4 Å². The van der Waals surface area contributed by atoms with E-state index in [1.54, 1.807) is 18.2 Å². The van der Waals surface area contributed by atoms with Gasteiger partial charge in [0.15, 0.2) is 0 Å². The first-order valence-electron chi connectivity index (χ1n) is 8.16. The average molecular weight is 358 g/mol. The second-order valence-electron chi connectivity index (χ2n) is 6.16. The molecule has 1 fully saturated rings. The number of nitrogens with one attached hydrogen (secondary N) is 2. The molecule has 0 bridgehead atoms. The number of hydrogen-bond donors (Lipinski definition) is 2. The predicted octanol–water partition coefficient (Wildman–Crippen LogP) is 3.64. The van der Waals surface area contributed by atoms with Crippen LogP contribution in [-0.2, 0) is 4.79 Å². The van der Waals surface area contributed by atoms with Gasteiger partial charge in [0.1, 0.15) is 0 Å². The summed E-state index contributed by atoms with van der Waals surface area (Å²) in [6.45, 7) is 4.94. The van der Waals surface area contributed by atoms with E-state index in [4.69, 9.17) is 23.2 Å². The molecule has 2 N–H and O–H groups in total. The maximum Gasteiger partial charge on any atom is 0.241 e. The molecule has 1 aromatic carbocycles. The summed E-state index contributed by atoms with van der Waals surface area (Å²) in [5, 5.41) is 7.15. The first kappa shape index (κ1) is 18.5. The molecule has 1 saturated heterocycles. The van der Waals surface area contributed by atoms with Crippen molar-refractivity contribution in [1.82, 2.24) is 10.2 Å². The lowest BCUT2D eigenvalue weighted by Gasteiger charge is -2.35. The van der Waals surface area contributed by atoms with Gasteiger partial charge >= 0.3 is 0 Å². The number of halogens is 2. The minimum absolute atomic E-state index is 0.0390. The highest BCUT2D eigenvalue weighted by molar-refractivity contribution is 6.35. The van der Waals surface area contributed by atoms with Crippen molar-refractivity contribution in [1.29, 1.82) is 0 Å². The molecule has 1 atom stereocenters. The Morgan fingerprint density at radius 2 is 2.04 bits per heavy atom. The van der Waals surface area contributed by atoms with Gasteiger partial charge in [-0.25, -0.2) is 0 Å². The number of carbonyl (C=O) groups excluding carboxylic acids is 1. The molecular weight excluding hydrogens is 333 g/mol. The zero-order chi connectivity index (χ0) is 16.8.